The van der Waals surface area contributed by atoms with Crippen LogP contribution >= 0.6 is 0 Å². The molecule has 0 radical (unpaired) electrons. The van der Waals surface area contributed by atoms with E-state index >= 15 is 0 Å². The molecule has 0 atom stereocenters. The Balaban J connectivity index is 1.41. The third-order valence-electron chi connectivity index (χ3n) is 5.39. The number of nitrogens with zero attached hydrogens (tertiary/aromatic N) is 3. The largest absolute Gasteiger partial charge is 0.365 e. The molecule has 0 unspecified atom stereocenters. The van der Waals surface area contributed by atoms with Crippen LogP contribution in [0.25, 0.3) is 22.0 Å². The van der Waals surface area contributed by atoms with Crippen molar-refractivity contribution in [2.75, 3.05) is 29.0 Å². The fourth-order valence-electron chi connectivity index (χ4n) is 3.59. The minimum atomic E-state index is -0.252. The number of carbonyl (C=O) groups excluding carboxylic acids is 1. The molecule has 0 saturated carbocycles. The third kappa shape index (κ3) is 4.65. The number of rotatable bonds is 7. The van der Waals surface area contributed by atoms with Crippen LogP contribution in [0, 0.1) is 0 Å². The van der Waals surface area contributed by atoms with Crippen molar-refractivity contribution < 1.29 is 4.79 Å². The van der Waals surface area contributed by atoms with E-state index in [9.17, 15) is 4.79 Å². The van der Waals surface area contributed by atoms with Gasteiger partial charge in [-0.2, -0.15) is 0 Å². The highest BCUT2D eigenvalue weighted by molar-refractivity contribution is 6.00. The number of pyridine rings is 1. The zero-order valence-electron chi connectivity index (χ0n) is 17.9. The highest BCUT2D eigenvalue weighted by atomic mass is 16.1. The number of para-hydroxylation sites is 1. The lowest BCUT2D eigenvalue weighted by Gasteiger charge is -2.28. The van der Waals surface area contributed by atoms with Crippen molar-refractivity contribution in [2.24, 2.45) is 0 Å². The zero-order chi connectivity index (χ0) is 22.6. The van der Waals surface area contributed by atoms with Crippen LogP contribution in [0.2, 0.25) is 0 Å². The zero-order valence-corrected chi connectivity index (χ0v) is 17.9. The molecule has 33 heavy (non-hydrogen) atoms. The lowest BCUT2D eigenvalue weighted by atomic mass is 10.0. The Morgan fingerprint density at radius 1 is 1.03 bits per heavy atom. The molecule has 0 spiro atoms. The molecule has 4 aromatic rings. The van der Waals surface area contributed by atoms with Crippen LogP contribution < -0.4 is 21.3 Å². The molecule has 1 aliphatic heterocycles. The van der Waals surface area contributed by atoms with Crippen LogP contribution in [0.15, 0.2) is 79.6 Å². The minimum Gasteiger partial charge on any atom is -0.365 e. The molecule has 2 aromatic carbocycles. The number of hydrogen-bond donors (Lipinski definition) is 4. The monoisotopic (exact) mass is 437 g/mol. The number of benzene rings is 2. The summed E-state index contributed by atoms with van der Waals surface area (Å²) in [5.41, 5.74) is 4.19. The van der Waals surface area contributed by atoms with Crippen molar-refractivity contribution in [1.82, 2.24) is 20.3 Å². The highest BCUT2D eigenvalue weighted by Crippen LogP contribution is 2.30. The van der Waals surface area contributed by atoms with E-state index in [2.05, 4.69) is 37.8 Å². The summed E-state index contributed by atoms with van der Waals surface area (Å²) < 4.78 is 0. The van der Waals surface area contributed by atoms with E-state index in [4.69, 9.17) is 4.98 Å². The van der Waals surface area contributed by atoms with Gasteiger partial charge < -0.3 is 21.3 Å². The summed E-state index contributed by atoms with van der Waals surface area (Å²) in [4.78, 5) is 25.4. The van der Waals surface area contributed by atoms with E-state index in [1.165, 1.54) is 6.08 Å². The van der Waals surface area contributed by atoms with Crippen LogP contribution in [-0.4, -0.2) is 40.0 Å². The number of aromatic nitrogens is 3. The fraction of sp³-hybridized carbons (Fsp3) is 0.120. The first-order valence-corrected chi connectivity index (χ1v) is 10.7. The van der Waals surface area contributed by atoms with Crippen molar-refractivity contribution in [3.8, 4) is 11.1 Å². The van der Waals surface area contributed by atoms with Gasteiger partial charge in [-0.05, 0) is 35.9 Å². The molecule has 4 N–H and O–H groups in total. The molecule has 1 aliphatic rings. The van der Waals surface area contributed by atoms with Gasteiger partial charge in [0, 0.05) is 35.9 Å². The second-order valence-electron chi connectivity index (χ2n) is 7.77. The first-order chi connectivity index (χ1) is 16.2. The van der Waals surface area contributed by atoms with Gasteiger partial charge in [0.05, 0.1) is 23.4 Å². The average Bonchev–Trinajstić information content (AvgIpc) is 2.82. The quantitative estimate of drug-likeness (QED) is 0.325. The lowest BCUT2D eigenvalue weighted by Crippen LogP contribution is -2.51. The first-order valence-electron chi connectivity index (χ1n) is 10.7. The number of anilines is 4. The van der Waals surface area contributed by atoms with Gasteiger partial charge in [0.1, 0.15) is 5.82 Å². The summed E-state index contributed by atoms with van der Waals surface area (Å²) in [6.45, 7) is 5.41. The van der Waals surface area contributed by atoms with Crippen molar-refractivity contribution in [3.63, 3.8) is 0 Å². The minimum absolute atomic E-state index is 0.252. The summed E-state index contributed by atoms with van der Waals surface area (Å²) in [5, 5.41) is 13.6. The smallest absolute Gasteiger partial charge is 0.247 e. The maximum Gasteiger partial charge on any atom is 0.247 e. The van der Waals surface area contributed by atoms with Gasteiger partial charge in [-0.25, -0.2) is 15.0 Å². The molecule has 5 rings (SSSR count). The van der Waals surface area contributed by atoms with Crippen LogP contribution in [0.1, 0.15) is 0 Å². The van der Waals surface area contributed by atoms with Gasteiger partial charge >= 0.3 is 0 Å². The molecule has 164 valence electrons. The summed E-state index contributed by atoms with van der Waals surface area (Å²) in [5.74, 6) is 1.08. The number of fused-ring (bicyclic) bond motifs is 1. The van der Waals surface area contributed by atoms with Gasteiger partial charge in [-0.15, -0.1) is 0 Å². The molecule has 8 heteroatoms. The van der Waals surface area contributed by atoms with E-state index in [0.717, 1.165) is 46.6 Å². The normalized spacial score (nSPS) is 13.2. The molecule has 1 saturated heterocycles. The maximum atomic E-state index is 11.7. The van der Waals surface area contributed by atoms with E-state index in [1.807, 2.05) is 54.6 Å². The molecule has 2 aromatic heterocycles. The maximum absolute atomic E-state index is 11.7. The molecule has 1 amide bonds. The molecule has 0 aliphatic carbocycles. The first kappa shape index (κ1) is 20.6. The van der Waals surface area contributed by atoms with Gasteiger partial charge in [-0.1, -0.05) is 36.9 Å². The third-order valence-corrected chi connectivity index (χ3v) is 5.39. The lowest BCUT2D eigenvalue weighted by molar-refractivity contribution is -0.111. The second kappa shape index (κ2) is 9.05. The molecule has 3 heterocycles. The molecule has 1 fully saturated rings. The van der Waals surface area contributed by atoms with Gasteiger partial charge in [0.2, 0.25) is 11.9 Å². The van der Waals surface area contributed by atoms with E-state index in [1.54, 1.807) is 12.4 Å². The van der Waals surface area contributed by atoms with E-state index < -0.39 is 0 Å². The molecular weight excluding hydrogens is 414 g/mol. The van der Waals surface area contributed by atoms with E-state index in [0.29, 0.717) is 17.7 Å². The summed E-state index contributed by atoms with van der Waals surface area (Å²) >= 11 is 0. The number of carbonyl (C=O) groups is 1. The van der Waals surface area contributed by atoms with Gasteiger partial charge in [0.15, 0.2) is 0 Å². The predicted octanol–water partition coefficient (Wildman–Crippen LogP) is 3.94. The van der Waals surface area contributed by atoms with Crippen LogP contribution in [0.4, 0.5) is 23.1 Å². The molecule has 0 bridgehead atoms. The Bertz CT molecular complexity index is 1320. The van der Waals surface area contributed by atoms with Crippen molar-refractivity contribution in [2.45, 2.75) is 6.04 Å². The Labute approximate surface area is 191 Å². The van der Waals surface area contributed by atoms with Crippen molar-refractivity contribution in [3.05, 3.63) is 79.6 Å². The standard InChI is InChI=1S/C25H23N7O/c1-2-23(33)30-18-7-3-5-16(11-18)21-8-4-6-17-12-28-25(32-24(17)21)31-19-9-10-22(27-15-19)29-20-13-26-14-20/h2-12,15,20,26H,1,13-14H2,(H,27,29)(H,30,33)(H,28,31,32). The molecule has 8 nitrogen and oxygen atoms in total. The number of nitrogens with one attached hydrogen (secondary N) is 4. The Morgan fingerprint density at radius 2 is 1.91 bits per heavy atom. The molecular formula is C25H23N7O. The topological polar surface area (TPSA) is 104 Å². The Hall–Kier alpha value is -4.30. The summed E-state index contributed by atoms with van der Waals surface area (Å²) in [6.07, 6.45) is 4.81. The van der Waals surface area contributed by atoms with Crippen molar-refractivity contribution in [1.29, 1.82) is 0 Å². The van der Waals surface area contributed by atoms with Gasteiger partial charge in [0.25, 0.3) is 0 Å². The van der Waals surface area contributed by atoms with Crippen LogP contribution in [0.5, 0.6) is 0 Å². The summed E-state index contributed by atoms with van der Waals surface area (Å²) in [7, 11) is 0. The number of hydrogen-bond acceptors (Lipinski definition) is 7. The second-order valence-corrected chi connectivity index (χ2v) is 7.77. The SMILES string of the molecule is C=CC(=O)Nc1cccc(-c2cccc3cnc(Nc4ccc(NC5CNC5)nc4)nc23)c1. The Morgan fingerprint density at radius 3 is 2.67 bits per heavy atom. The highest BCUT2D eigenvalue weighted by Gasteiger charge is 2.16. The van der Waals surface area contributed by atoms with Crippen LogP contribution in [-0.2, 0) is 4.79 Å². The number of amides is 1. The fourth-order valence-corrected chi connectivity index (χ4v) is 3.59. The van der Waals surface area contributed by atoms with Gasteiger partial charge in [-0.3, -0.25) is 4.79 Å². The van der Waals surface area contributed by atoms with Crippen molar-refractivity contribution >= 4 is 40.0 Å². The summed E-state index contributed by atoms with van der Waals surface area (Å²) in [6, 6.07) is 17.9. The van der Waals surface area contributed by atoms with E-state index in [-0.39, 0.29) is 5.91 Å². The average molecular weight is 438 g/mol. The predicted molar refractivity (Wildman–Crippen MR) is 132 cm³/mol. The van der Waals surface area contributed by atoms with Crippen LogP contribution in [0.3, 0.4) is 0 Å². The Kier molecular flexibility index (Phi) is 5.65.